The van der Waals surface area contributed by atoms with Crippen LogP contribution in [0.25, 0.3) is 10.9 Å². The van der Waals surface area contributed by atoms with Crippen LogP contribution in [0.2, 0.25) is 0 Å². The minimum Gasteiger partial charge on any atom is -0.464 e. The van der Waals surface area contributed by atoms with Crippen LogP contribution in [0.4, 0.5) is 15.8 Å². The van der Waals surface area contributed by atoms with Crippen molar-refractivity contribution in [3.8, 4) is 0 Å². The lowest BCUT2D eigenvalue weighted by molar-refractivity contribution is 0.0930. The number of carbonyl (C=O) groups is 1. The van der Waals surface area contributed by atoms with Crippen LogP contribution in [0.1, 0.15) is 41.3 Å². The van der Waals surface area contributed by atoms with Crippen LogP contribution in [-0.2, 0) is 11.3 Å². The van der Waals surface area contributed by atoms with Crippen molar-refractivity contribution < 1.29 is 22.4 Å². The van der Waals surface area contributed by atoms with E-state index in [1.54, 1.807) is 43.5 Å². The number of benzene rings is 2. The maximum Gasteiger partial charge on any atom is 0.266 e. The van der Waals surface area contributed by atoms with Crippen LogP contribution in [-0.4, -0.2) is 19.7 Å². The highest BCUT2D eigenvalue weighted by molar-refractivity contribution is 7.81. The van der Waals surface area contributed by atoms with Crippen molar-refractivity contribution in [3.63, 3.8) is 0 Å². The van der Waals surface area contributed by atoms with E-state index in [1.165, 1.54) is 6.07 Å². The summed E-state index contributed by atoms with van der Waals surface area (Å²) in [4.78, 5) is 17.6. The molecule has 0 saturated heterocycles. The minimum atomic E-state index is -2.57. The lowest BCUT2D eigenvalue weighted by atomic mass is 10.1. The molecule has 2 aromatic carbocycles. The number of amides is 1. The Bertz CT molecular complexity index is 1340. The van der Waals surface area contributed by atoms with Gasteiger partial charge in [0, 0.05) is 11.6 Å². The summed E-state index contributed by atoms with van der Waals surface area (Å²) >= 11 is -2.57. The van der Waals surface area contributed by atoms with Crippen LogP contribution in [0.15, 0.2) is 71.3 Å². The lowest BCUT2D eigenvalue weighted by Gasteiger charge is -2.24. The second-order valence-electron chi connectivity index (χ2n) is 7.42. The monoisotopic (exact) mass is 467 g/mol. The van der Waals surface area contributed by atoms with Gasteiger partial charge in [0.2, 0.25) is 0 Å². The molecule has 170 valence electrons. The van der Waals surface area contributed by atoms with Crippen molar-refractivity contribution in [1.29, 1.82) is 0 Å². The van der Waals surface area contributed by atoms with Gasteiger partial charge in [0.05, 0.1) is 28.5 Å². The number of hydrogen-bond donors (Lipinski definition) is 2. The van der Waals surface area contributed by atoms with E-state index < -0.39 is 29.0 Å². The predicted octanol–water partition coefficient (Wildman–Crippen LogP) is 5.43. The molecule has 0 saturated carbocycles. The Morgan fingerprint density at radius 1 is 1.18 bits per heavy atom. The number of hydrogen-bond acceptors (Lipinski definition) is 4. The molecule has 0 aliphatic rings. The number of carbonyl (C=O) groups excluding carboxylic acids is 1. The zero-order valence-corrected chi connectivity index (χ0v) is 18.8. The summed E-state index contributed by atoms with van der Waals surface area (Å²) < 4.78 is 43.6. The smallest absolute Gasteiger partial charge is 0.266 e. The summed E-state index contributed by atoms with van der Waals surface area (Å²) in [6.07, 6.45) is 2.10. The molecule has 4 aromatic rings. The predicted molar refractivity (Wildman–Crippen MR) is 125 cm³/mol. The topological polar surface area (TPSA) is 95.7 Å². The Morgan fingerprint density at radius 3 is 2.67 bits per heavy atom. The number of anilines is 2. The molecule has 0 aliphatic carbocycles. The molecule has 0 spiro atoms. The third kappa shape index (κ3) is 4.64. The van der Waals surface area contributed by atoms with Crippen molar-refractivity contribution >= 4 is 39.5 Å². The molecular formula is C24H22FN3O4S. The Morgan fingerprint density at radius 2 is 1.97 bits per heavy atom. The van der Waals surface area contributed by atoms with Gasteiger partial charge in [-0.15, -0.1) is 0 Å². The first-order valence-electron chi connectivity index (χ1n) is 10.3. The van der Waals surface area contributed by atoms with E-state index in [2.05, 4.69) is 10.3 Å². The summed E-state index contributed by atoms with van der Waals surface area (Å²) in [5.41, 5.74) is 0.754. The lowest BCUT2D eigenvalue weighted by Crippen LogP contribution is -2.30. The van der Waals surface area contributed by atoms with Crippen LogP contribution >= 0.6 is 0 Å². The molecular weight excluding hydrogens is 445 g/mol. The van der Waals surface area contributed by atoms with Gasteiger partial charge in [-0.3, -0.25) is 14.3 Å². The molecule has 9 heteroatoms. The van der Waals surface area contributed by atoms with Gasteiger partial charge < -0.3 is 9.73 Å². The number of aryl methyl sites for hydroxylation is 1. The molecule has 1 amide bonds. The SMILES string of the molecule is CCC(NC(=O)c1cc(F)ccc1N(c1cccc2cccnc12)S(=O)O)c1ccc(C)o1. The molecule has 7 nitrogen and oxygen atoms in total. The quantitative estimate of drug-likeness (QED) is 0.353. The Kier molecular flexibility index (Phi) is 6.52. The summed E-state index contributed by atoms with van der Waals surface area (Å²) in [6.45, 7) is 3.68. The molecule has 2 atom stereocenters. The van der Waals surface area contributed by atoms with E-state index in [0.717, 1.165) is 21.8 Å². The highest BCUT2D eigenvalue weighted by Crippen LogP contribution is 2.35. The van der Waals surface area contributed by atoms with E-state index in [1.807, 2.05) is 19.1 Å². The molecule has 4 rings (SSSR count). The maximum atomic E-state index is 14.2. The van der Waals surface area contributed by atoms with Crippen molar-refractivity contribution in [2.75, 3.05) is 4.31 Å². The van der Waals surface area contributed by atoms with Gasteiger partial charge in [0.1, 0.15) is 17.3 Å². The number of para-hydroxylation sites is 1. The van der Waals surface area contributed by atoms with Gasteiger partial charge >= 0.3 is 0 Å². The highest BCUT2D eigenvalue weighted by Gasteiger charge is 2.26. The second-order valence-corrected chi connectivity index (χ2v) is 8.25. The zero-order chi connectivity index (χ0) is 23.5. The van der Waals surface area contributed by atoms with Crippen LogP contribution in [0, 0.1) is 12.7 Å². The molecule has 2 heterocycles. The van der Waals surface area contributed by atoms with Gasteiger partial charge in [0.15, 0.2) is 0 Å². The van der Waals surface area contributed by atoms with Crippen molar-refractivity contribution in [1.82, 2.24) is 10.3 Å². The summed E-state index contributed by atoms with van der Waals surface area (Å²) in [6, 6.07) is 15.3. The van der Waals surface area contributed by atoms with Gasteiger partial charge in [-0.05, 0) is 55.8 Å². The van der Waals surface area contributed by atoms with Gasteiger partial charge in [-0.2, -0.15) is 0 Å². The molecule has 0 aliphatic heterocycles. The third-order valence-corrected chi connectivity index (χ3v) is 5.93. The third-order valence-electron chi connectivity index (χ3n) is 5.23. The molecule has 2 aromatic heterocycles. The summed E-state index contributed by atoms with van der Waals surface area (Å²) in [5.74, 6) is 0.0242. The fraction of sp³-hybridized carbons (Fsp3) is 0.167. The fourth-order valence-corrected chi connectivity index (χ4v) is 4.31. The second kappa shape index (κ2) is 9.51. The molecule has 2 unspecified atom stereocenters. The van der Waals surface area contributed by atoms with Crippen LogP contribution in [0.5, 0.6) is 0 Å². The standard InChI is InChI=1S/C24H22FN3O4S/c1-3-19(22-12-9-15(2)32-22)27-24(29)18-14-17(25)10-11-20(18)28(33(30)31)21-8-4-6-16-7-5-13-26-23(16)21/h4-14,19H,3H2,1-2H3,(H,27,29)(H,30,31). The average Bonchev–Trinajstić information content (AvgIpc) is 3.24. The number of halogens is 1. The largest absolute Gasteiger partial charge is 0.464 e. The fourth-order valence-electron chi connectivity index (χ4n) is 3.67. The van der Waals surface area contributed by atoms with Gasteiger partial charge in [-0.1, -0.05) is 25.1 Å². The first-order chi connectivity index (χ1) is 15.9. The Labute approximate surface area is 192 Å². The van der Waals surface area contributed by atoms with Crippen molar-refractivity contribution in [2.45, 2.75) is 26.3 Å². The van der Waals surface area contributed by atoms with Gasteiger partial charge in [0.25, 0.3) is 17.2 Å². The van der Waals surface area contributed by atoms with Crippen molar-refractivity contribution in [3.05, 3.63) is 89.8 Å². The minimum absolute atomic E-state index is 0.0679. The van der Waals surface area contributed by atoms with E-state index in [0.29, 0.717) is 29.1 Å². The molecule has 33 heavy (non-hydrogen) atoms. The normalized spacial score (nSPS) is 13.0. The number of rotatable bonds is 7. The Hall–Kier alpha value is -3.56. The highest BCUT2D eigenvalue weighted by atomic mass is 32.2. The average molecular weight is 468 g/mol. The van der Waals surface area contributed by atoms with E-state index >= 15 is 0 Å². The van der Waals surface area contributed by atoms with Crippen LogP contribution < -0.4 is 9.62 Å². The van der Waals surface area contributed by atoms with E-state index in [-0.39, 0.29) is 11.3 Å². The number of nitrogens with one attached hydrogen (secondary N) is 1. The number of fused-ring (bicyclic) bond motifs is 1. The van der Waals surface area contributed by atoms with Crippen LogP contribution in [0.3, 0.4) is 0 Å². The number of nitrogens with zero attached hydrogens (tertiary/aromatic N) is 2. The first-order valence-corrected chi connectivity index (χ1v) is 11.4. The molecule has 0 bridgehead atoms. The number of aromatic nitrogens is 1. The number of furan rings is 1. The molecule has 0 radical (unpaired) electrons. The maximum absolute atomic E-state index is 14.2. The summed E-state index contributed by atoms with van der Waals surface area (Å²) in [7, 11) is 0. The molecule has 2 N–H and O–H groups in total. The van der Waals surface area contributed by atoms with Gasteiger partial charge in [-0.25, -0.2) is 12.9 Å². The number of pyridine rings is 1. The zero-order valence-electron chi connectivity index (χ0n) is 18.0. The molecule has 0 fully saturated rings. The van der Waals surface area contributed by atoms with E-state index in [4.69, 9.17) is 4.42 Å². The van der Waals surface area contributed by atoms with Crippen molar-refractivity contribution in [2.24, 2.45) is 0 Å². The first kappa shape index (κ1) is 22.6. The Balaban J connectivity index is 1.79. The van der Waals surface area contributed by atoms with E-state index in [9.17, 15) is 17.9 Å². The summed E-state index contributed by atoms with van der Waals surface area (Å²) in [5, 5.41) is 3.59.